The first-order valence-corrected chi connectivity index (χ1v) is 6.09. The summed E-state index contributed by atoms with van der Waals surface area (Å²) in [4.78, 5) is 0. The fourth-order valence-corrected chi connectivity index (χ4v) is 1.99. The molecule has 1 aromatic heterocycles. The Kier molecular flexibility index (Phi) is 4.29. The number of hydrogen-bond acceptors (Lipinski definition) is 4. The molecule has 0 spiro atoms. The number of aliphatic hydroxyl groups is 1. The number of methoxy groups -OCH3 is 1. The predicted octanol–water partition coefficient (Wildman–Crippen LogP) is 2.15. The van der Waals surface area contributed by atoms with Crippen molar-refractivity contribution in [1.29, 1.82) is 0 Å². The van der Waals surface area contributed by atoms with Crippen molar-refractivity contribution < 1.29 is 14.6 Å². The standard InChI is InChI=1S/C13H15ClN2O3/c1-16-6-9(5-15-16)8-19-13-10(7-17)3-11(14)4-12(13)18-2/h3-6,17H,7-8H2,1-2H3. The number of hydrogen-bond donors (Lipinski definition) is 1. The van der Waals surface area contributed by atoms with Crippen LogP contribution >= 0.6 is 11.6 Å². The van der Waals surface area contributed by atoms with Crippen LogP contribution in [-0.2, 0) is 20.3 Å². The highest BCUT2D eigenvalue weighted by atomic mass is 35.5. The van der Waals surface area contributed by atoms with Gasteiger partial charge in [0.05, 0.1) is 19.9 Å². The summed E-state index contributed by atoms with van der Waals surface area (Å²) in [5.41, 5.74) is 1.52. The molecule has 0 radical (unpaired) electrons. The third-order valence-electron chi connectivity index (χ3n) is 2.63. The summed E-state index contributed by atoms with van der Waals surface area (Å²) in [5.74, 6) is 0.999. The van der Waals surface area contributed by atoms with Gasteiger partial charge >= 0.3 is 0 Å². The zero-order valence-corrected chi connectivity index (χ0v) is 11.5. The van der Waals surface area contributed by atoms with Crippen LogP contribution in [-0.4, -0.2) is 22.0 Å². The molecule has 2 aromatic rings. The highest BCUT2D eigenvalue weighted by molar-refractivity contribution is 6.30. The van der Waals surface area contributed by atoms with Gasteiger partial charge in [-0.3, -0.25) is 4.68 Å². The van der Waals surface area contributed by atoms with Crippen molar-refractivity contribution in [3.8, 4) is 11.5 Å². The van der Waals surface area contributed by atoms with Gasteiger partial charge in [0.2, 0.25) is 0 Å². The first-order valence-electron chi connectivity index (χ1n) is 5.71. The van der Waals surface area contributed by atoms with E-state index in [4.69, 9.17) is 21.1 Å². The molecule has 2 rings (SSSR count). The summed E-state index contributed by atoms with van der Waals surface area (Å²) in [5, 5.41) is 13.9. The summed E-state index contributed by atoms with van der Waals surface area (Å²) in [6, 6.07) is 3.31. The molecule has 19 heavy (non-hydrogen) atoms. The van der Waals surface area contributed by atoms with Crippen molar-refractivity contribution in [3.05, 3.63) is 40.7 Å². The van der Waals surface area contributed by atoms with Crippen LogP contribution in [0.25, 0.3) is 0 Å². The minimum Gasteiger partial charge on any atom is -0.493 e. The lowest BCUT2D eigenvalue weighted by Gasteiger charge is -2.14. The molecule has 1 aromatic carbocycles. The van der Waals surface area contributed by atoms with Crippen LogP contribution in [0.2, 0.25) is 5.02 Å². The van der Waals surface area contributed by atoms with Crippen LogP contribution in [0.5, 0.6) is 11.5 Å². The van der Waals surface area contributed by atoms with E-state index < -0.39 is 0 Å². The van der Waals surface area contributed by atoms with Gasteiger partial charge in [-0.05, 0) is 6.07 Å². The first kappa shape index (κ1) is 13.7. The number of benzene rings is 1. The second-order valence-corrected chi connectivity index (χ2v) is 4.50. The molecule has 0 bridgehead atoms. The van der Waals surface area contributed by atoms with E-state index in [1.54, 1.807) is 23.0 Å². The van der Waals surface area contributed by atoms with Gasteiger partial charge in [0.1, 0.15) is 6.61 Å². The minimum atomic E-state index is -0.167. The van der Waals surface area contributed by atoms with Crippen molar-refractivity contribution in [3.63, 3.8) is 0 Å². The van der Waals surface area contributed by atoms with Gasteiger partial charge in [0, 0.05) is 35.5 Å². The lowest BCUT2D eigenvalue weighted by molar-refractivity contribution is 0.250. The van der Waals surface area contributed by atoms with E-state index in [2.05, 4.69) is 5.10 Å². The molecule has 5 nitrogen and oxygen atoms in total. The maximum Gasteiger partial charge on any atom is 0.167 e. The fraction of sp³-hybridized carbons (Fsp3) is 0.308. The van der Waals surface area contributed by atoms with E-state index in [1.807, 2.05) is 13.2 Å². The normalized spacial score (nSPS) is 10.5. The zero-order chi connectivity index (χ0) is 13.8. The van der Waals surface area contributed by atoms with Crippen molar-refractivity contribution in [2.24, 2.45) is 7.05 Å². The van der Waals surface area contributed by atoms with Crippen LogP contribution < -0.4 is 9.47 Å². The summed E-state index contributed by atoms with van der Waals surface area (Å²) in [7, 11) is 3.37. The molecular formula is C13H15ClN2O3. The highest BCUT2D eigenvalue weighted by Gasteiger charge is 2.12. The van der Waals surface area contributed by atoms with Gasteiger partial charge in [-0.1, -0.05) is 11.6 Å². The number of aliphatic hydroxyl groups excluding tert-OH is 1. The van der Waals surface area contributed by atoms with Gasteiger partial charge in [-0.15, -0.1) is 0 Å². The number of halogens is 1. The second kappa shape index (κ2) is 5.95. The van der Waals surface area contributed by atoms with Gasteiger partial charge in [0.25, 0.3) is 0 Å². The molecule has 1 N–H and O–H groups in total. The molecule has 0 saturated heterocycles. The van der Waals surface area contributed by atoms with Gasteiger partial charge in [0.15, 0.2) is 11.5 Å². The Balaban J connectivity index is 2.23. The van der Waals surface area contributed by atoms with Crippen LogP contribution in [0.3, 0.4) is 0 Å². The van der Waals surface area contributed by atoms with E-state index in [0.717, 1.165) is 5.56 Å². The largest absolute Gasteiger partial charge is 0.493 e. The first-order chi connectivity index (χ1) is 9.13. The van der Waals surface area contributed by atoms with Gasteiger partial charge in [-0.2, -0.15) is 5.10 Å². The number of aryl methyl sites for hydroxylation is 1. The molecule has 0 aliphatic rings. The molecule has 0 atom stereocenters. The minimum absolute atomic E-state index is 0.167. The molecular weight excluding hydrogens is 268 g/mol. The Morgan fingerprint density at radius 3 is 2.79 bits per heavy atom. The molecule has 0 aliphatic heterocycles. The Bertz CT molecular complexity index is 544. The maximum atomic E-state index is 9.35. The van der Waals surface area contributed by atoms with Crippen molar-refractivity contribution in [2.75, 3.05) is 7.11 Å². The number of nitrogens with zero attached hydrogens (tertiary/aromatic N) is 2. The average Bonchev–Trinajstić information content (AvgIpc) is 2.81. The van der Waals surface area contributed by atoms with Gasteiger partial charge < -0.3 is 14.6 Å². The third kappa shape index (κ3) is 3.19. The Morgan fingerprint density at radius 2 is 2.21 bits per heavy atom. The smallest absolute Gasteiger partial charge is 0.167 e. The molecule has 6 heteroatoms. The zero-order valence-electron chi connectivity index (χ0n) is 10.8. The predicted molar refractivity (Wildman–Crippen MR) is 71.5 cm³/mol. The summed E-state index contributed by atoms with van der Waals surface area (Å²) in [6.45, 7) is 0.179. The SMILES string of the molecule is COc1cc(Cl)cc(CO)c1OCc1cnn(C)c1. The Hall–Kier alpha value is -1.72. The lowest BCUT2D eigenvalue weighted by Crippen LogP contribution is -2.01. The van der Waals surface area contributed by atoms with E-state index in [9.17, 15) is 5.11 Å². The number of aromatic nitrogens is 2. The van der Waals surface area contributed by atoms with Crippen molar-refractivity contribution >= 4 is 11.6 Å². The molecule has 0 amide bonds. The molecule has 0 aliphatic carbocycles. The lowest BCUT2D eigenvalue weighted by atomic mass is 10.2. The quantitative estimate of drug-likeness (QED) is 0.913. The maximum absolute atomic E-state index is 9.35. The summed E-state index contributed by atoms with van der Waals surface area (Å²) >= 11 is 5.94. The summed E-state index contributed by atoms with van der Waals surface area (Å²) < 4.78 is 12.6. The van der Waals surface area contributed by atoms with E-state index in [1.165, 1.54) is 7.11 Å². The van der Waals surface area contributed by atoms with Crippen LogP contribution in [0.4, 0.5) is 0 Å². The number of ether oxygens (including phenoxy) is 2. The Morgan fingerprint density at radius 1 is 1.42 bits per heavy atom. The Labute approximate surface area is 116 Å². The van der Waals surface area contributed by atoms with Crippen molar-refractivity contribution in [1.82, 2.24) is 9.78 Å². The molecule has 0 fully saturated rings. The number of rotatable bonds is 5. The molecule has 102 valence electrons. The van der Waals surface area contributed by atoms with Gasteiger partial charge in [-0.25, -0.2) is 0 Å². The fourth-order valence-electron chi connectivity index (χ4n) is 1.76. The second-order valence-electron chi connectivity index (χ2n) is 4.07. The molecule has 1 heterocycles. The average molecular weight is 283 g/mol. The van der Waals surface area contributed by atoms with Crippen LogP contribution in [0.15, 0.2) is 24.5 Å². The van der Waals surface area contributed by atoms with Crippen molar-refractivity contribution in [2.45, 2.75) is 13.2 Å². The van der Waals surface area contributed by atoms with E-state index in [-0.39, 0.29) is 6.61 Å². The van der Waals surface area contributed by atoms with Crippen LogP contribution in [0, 0.1) is 0 Å². The third-order valence-corrected chi connectivity index (χ3v) is 2.85. The van der Waals surface area contributed by atoms with Crippen LogP contribution in [0.1, 0.15) is 11.1 Å². The monoisotopic (exact) mass is 282 g/mol. The van der Waals surface area contributed by atoms with E-state index in [0.29, 0.717) is 28.7 Å². The highest BCUT2D eigenvalue weighted by Crippen LogP contribution is 2.35. The molecule has 0 unspecified atom stereocenters. The topological polar surface area (TPSA) is 56.5 Å². The summed E-state index contributed by atoms with van der Waals surface area (Å²) in [6.07, 6.45) is 3.59. The molecule has 0 saturated carbocycles. The van der Waals surface area contributed by atoms with E-state index >= 15 is 0 Å².